The number of aromatic nitrogens is 1. The molecule has 11 heteroatoms. The van der Waals surface area contributed by atoms with E-state index in [4.69, 9.17) is 17.3 Å². The van der Waals surface area contributed by atoms with E-state index >= 15 is 0 Å². The average Bonchev–Trinajstić information content (AvgIpc) is 2.26. The zero-order valence-electron chi connectivity index (χ0n) is 9.90. The molecule has 20 heavy (non-hydrogen) atoms. The molecule has 0 saturated carbocycles. The standard InChI is InChI=1S/C9H9ClF3N3O3S/c1-4(8(14)17)16-20(18,19)5-2-6(9(11,12)13)7(10)15-3-5/h2-4,16H,1H3,(H2,14,17). The summed E-state index contributed by atoms with van der Waals surface area (Å²) in [6.07, 6.45) is -4.21. The predicted molar refractivity (Wildman–Crippen MR) is 63.2 cm³/mol. The van der Waals surface area contributed by atoms with Crippen LogP contribution in [-0.4, -0.2) is 25.4 Å². The van der Waals surface area contributed by atoms with E-state index in [0.717, 1.165) is 6.92 Å². The summed E-state index contributed by atoms with van der Waals surface area (Å²) >= 11 is 5.27. The van der Waals surface area contributed by atoms with Crippen molar-refractivity contribution in [2.24, 2.45) is 5.73 Å². The van der Waals surface area contributed by atoms with Gasteiger partial charge in [-0.15, -0.1) is 0 Å². The lowest BCUT2D eigenvalue weighted by molar-refractivity contribution is -0.137. The molecule has 0 fully saturated rings. The molecule has 0 aliphatic rings. The number of hydrogen-bond acceptors (Lipinski definition) is 4. The third-order valence-electron chi connectivity index (χ3n) is 2.19. The zero-order valence-corrected chi connectivity index (χ0v) is 11.5. The lowest BCUT2D eigenvalue weighted by Gasteiger charge is -2.13. The van der Waals surface area contributed by atoms with Gasteiger partial charge in [0.1, 0.15) is 10.0 Å². The van der Waals surface area contributed by atoms with Crippen LogP contribution in [0.2, 0.25) is 5.15 Å². The van der Waals surface area contributed by atoms with Gasteiger partial charge in [-0.25, -0.2) is 13.4 Å². The molecule has 6 nitrogen and oxygen atoms in total. The number of pyridine rings is 1. The van der Waals surface area contributed by atoms with Gasteiger partial charge in [0.05, 0.1) is 11.6 Å². The van der Waals surface area contributed by atoms with E-state index < -0.39 is 43.8 Å². The van der Waals surface area contributed by atoms with Gasteiger partial charge in [0.2, 0.25) is 15.9 Å². The lowest BCUT2D eigenvalue weighted by atomic mass is 10.3. The van der Waals surface area contributed by atoms with Gasteiger partial charge < -0.3 is 5.73 Å². The summed E-state index contributed by atoms with van der Waals surface area (Å²) in [5.41, 5.74) is 3.47. The molecule has 0 saturated heterocycles. The van der Waals surface area contributed by atoms with Crippen LogP contribution < -0.4 is 10.5 Å². The third kappa shape index (κ3) is 3.81. The zero-order chi connectivity index (χ0) is 15.7. The first-order valence-corrected chi connectivity index (χ1v) is 6.85. The lowest BCUT2D eigenvalue weighted by Crippen LogP contribution is -2.42. The van der Waals surface area contributed by atoms with Gasteiger partial charge in [0.15, 0.2) is 0 Å². The van der Waals surface area contributed by atoms with Gasteiger partial charge in [-0.3, -0.25) is 4.79 Å². The second-order valence-corrected chi connectivity index (χ2v) is 5.82. The topological polar surface area (TPSA) is 102 Å². The minimum Gasteiger partial charge on any atom is -0.368 e. The van der Waals surface area contributed by atoms with Gasteiger partial charge in [0, 0.05) is 6.20 Å². The number of nitrogens with two attached hydrogens (primary N) is 1. The minimum absolute atomic E-state index is 0.325. The first kappa shape index (κ1) is 16.7. The highest BCUT2D eigenvalue weighted by molar-refractivity contribution is 7.89. The molecule has 0 spiro atoms. The second-order valence-electron chi connectivity index (χ2n) is 3.75. The van der Waals surface area contributed by atoms with E-state index in [1.165, 1.54) is 0 Å². The summed E-state index contributed by atoms with van der Waals surface area (Å²) in [5.74, 6) is -0.980. The van der Waals surface area contributed by atoms with Crippen molar-refractivity contribution in [2.75, 3.05) is 0 Å². The van der Waals surface area contributed by atoms with Crippen LogP contribution in [0.25, 0.3) is 0 Å². The molecule has 1 aromatic heterocycles. The highest BCUT2D eigenvalue weighted by Crippen LogP contribution is 2.34. The fourth-order valence-electron chi connectivity index (χ4n) is 1.13. The summed E-state index contributed by atoms with van der Waals surface area (Å²) in [7, 11) is -4.38. The van der Waals surface area contributed by atoms with E-state index in [-0.39, 0.29) is 0 Å². The molecule has 112 valence electrons. The number of sulfonamides is 1. The van der Waals surface area contributed by atoms with Crippen LogP contribution in [0.15, 0.2) is 17.2 Å². The summed E-state index contributed by atoms with van der Waals surface area (Å²) in [5, 5.41) is -0.876. The smallest absolute Gasteiger partial charge is 0.368 e. The van der Waals surface area contributed by atoms with Crippen molar-refractivity contribution >= 4 is 27.5 Å². The fraction of sp³-hybridized carbons (Fsp3) is 0.333. The highest BCUT2D eigenvalue weighted by atomic mass is 35.5. The second kappa shape index (κ2) is 5.54. The Labute approximate surface area is 117 Å². The Kier molecular flexibility index (Phi) is 4.62. The number of rotatable bonds is 4. The largest absolute Gasteiger partial charge is 0.419 e. The first-order valence-electron chi connectivity index (χ1n) is 4.99. The fourth-order valence-corrected chi connectivity index (χ4v) is 2.53. The molecule has 0 aromatic carbocycles. The predicted octanol–water partition coefficient (Wildman–Crippen LogP) is 0.906. The Hall–Kier alpha value is -1.39. The molecule has 0 aliphatic carbocycles. The van der Waals surface area contributed by atoms with E-state index in [0.29, 0.717) is 12.3 Å². The summed E-state index contributed by atoms with van der Waals surface area (Å²) in [6, 6.07) is -0.962. The van der Waals surface area contributed by atoms with Gasteiger partial charge >= 0.3 is 6.18 Å². The van der Waals surface area contributed by atoms with E-state index in [9.17, 15) is 26.4 Å². The molecule has 0 aliphatic heterocycles. The number of halogens is 4. The molecule has 3 N–H and O–H groups in total. The Morgan fingerprint density at radius 1 is 1.50 bits per heavy atom. The van der Waals surface area contributed by atoms with Gasteiger partial charge in [-0.2, -0.15) is 17.9 Å². The quantitative estimate of drug-likeness (QED) is 0.800. The maximum Gasteiger partial charge on any atom is 0.419 e. The van der Waals surface area contributed by atoms with E-state index in [1.807, 2.05) is 4.72 Å². The number of carbonyl (C=O) groups is 1. The van der Waals surface area contributed by atoms with Gasteiger partial charge in [0.25, 0.3) is 0 Å². The first-order chi connectivity index (χ1) is 8.95. The summed E-state index contributed by atoms with van der Waals surface area (Å²) in [6.45, 7) is 1.15. The molecule has 1 heterocycles. The maximum atomic E-state index is 12.6. The number of carbonyl (C=O) groups excluding carboxylic acids is 1. The number of amides is 1. The number of primary amides is 1. The van der Waals surface area contributed by atoms with Crippen LogP contribution in [0.1, 0.15) is 12.5 Å². The van der Waals surface area contributed by atoms with Gasteiger partial charge in [-0.1, -0.05) is 11.6 Å². The van der Waals surface area contributed by atoms with Crippen LogP contribution in [0.5, 0.6) is 0 Å². The number of nitrogens with zero attached hydrogens (tertiary/aromatic N) is 1. The summed E-state index contributed by atoms with van der Waals surface area (Å²) < 4.78 is 63.1. The average molecular weight is 332 g/mol. The van der Waals surface area contributed by atoms with Crippen LogP contribution in [0.4, 0.5) is 13.2 Å². The van der Waals surface area contributed by atoms with Crippen LogP contribution >= 0.6 is 11.6 Å². The minimum atomic E-state index is -4.86. The number of hydrogen-bond donors (Lipinski definition) is 2. The normalized spacial score (nSPS) is 14.1. The van der Waals surface area contributed by atoms with Crippen molar-refractivity contribution < 1.29 is 26.4 Å². The van der Waals surface area contributed by atoms with Gasteiger partial charge in [-0.05, 0) is 13.0 Å². The van der Waals surface area contributed by atoms with E-state index in [1.54, 1.807) is 0 Å². The molecule has 1 atom stereocenters. The van der Waals surface area contributed by atoms with Crippen LogP contribution in [-0.2, 0) is 21.0 Å². The molecule has 1 aromatic rings. The van der Waals surface area contributed by atoms with Crippen molar-refractivity contribution in [2.45, 2.75) is 24.0 Å². The van der Waals surface area contributed by atoms with Crippen molar-refractivity contribution in [3.63, 3.8) is 0 Å². The Morgan fingerprint density at radius 2 is 2.05 bits per heavy atom. The van der Waals surface area contributed by atoms with Crippen molar-refractivity contribution in [3.05, 3.63) is 23.0 Å². The summed E-state index contributed by atoms with van der Waals surface area (Å²) in [4.78, 5) is 13.2. The molecule has 1 rings (SSSR count). The SMILES string of the molecule is CC(NS(=O)(=O)c1cnc(Cl)c(C(F)(F)F)c1)C(N)=O. The molecular formula is C9H9ClF3N3O3S. The van der Waals surface area contributed by atoms with Crippen LogP contribution in [0, 0.1) is 0 Å². The Morgan fingerprint density at radius 3 is 2.50 bits per heavy atom. The third-order valence-corrected chi connectivity index (χ3v) is 4.00. The van der Waals surface area contributed by atoms with Crippen molar-refractivity contribution in [1.82, 2.24) is 9.71 Å². The molecule has 0 radical (unpaired) electrons. The highest BCUT2D eigenvalue weighted by Gasteiger charge is 2.35. The number of nitrogens with one attached hydrogen (secondary N) is 1. The van der Waals surface area contributed by atoms with Crippen molar-refractivity contribution in [3.8, 4) is 0 Å². The molecular weight excluding hydrogens is 323 g/mol. The maximum absolute atomic E-state index is 12.6. The molecule has 1 unspecified atom stereocenters. The molecule has 1 amide bonds. The number of alkyl halides is 3. The van der Waals surface area contributed by atoms with Crippen molar-refractivity contribution in [1.29, 1.82) is 0 Å². The van der Waals surface area contributed by atoms with Crippen LogP contribution in [0.3, 0.4) is 0 Å². The monoisotopic (exact) mass is 331 g/mol. The Balaban J connectivity index is 3.24. The van der Waals surface area contributed by atoms with E-state index in [2.05, 4.69) is 4.98 Å². The molecule has 0 bridgehead atoms. The Bertz CT molecular complexity index is 633.